The molecule has 0 bridgehead atoms. The Hall–Kier alpha value is -1.16. The number of rotatable bonds is 2. The van der Waals surface area contributed by atoms with Crippen molar-refractivity contribution in [3.8, 4) is 5.75 Å². The van der Waals surface area contributed by atoms with E-state index in [2.05, 4.69) is 0 Å². The standard InChI is InChI=1S/C12H15F2NO/c1-16-11-8(4-5-9(13)10(11)14)12(15)6-2-3-7-12/h4-5H,2-3,6-7,15H2,1H3. The van der Waals surface area contributed by atoms with Crippen molar-refractivity contribution in [2.45, 2.75) is 31.2 Å². The molecule has 1 saturated carbocycles. The minimum absolute atomic E-state index is 0.0515. The van der Waals surface area contributed by atoms with Crippen molar-refractivity contribution in [3.63, 3.8) is 0 Å². The van der Waals surface area contributed by atoms with E-state index in [4.69, 9.17) is 10.5 Å². The van der Waals surface area contributed by atoms with Crippen LogP contribution in [0.25, 0.3) is 0 Å². The molecule has 88 valence electrons. The highest BCUT2D eigenvalue weighted by Gasteiger charge is 2.35. The quantitative estimate of drug-likeness (QED) is 0.843. The first kappa shape index (κ1) is 11.3. The van der Waals surface area contributed by atoms with Gasteiger partial charge in [-0.1, -0.05) is 18.9 Å². The molecule has 1 aliphatic carbocycles. The zero-order valence-electron chi connectivity index (χ0n) is 9.22. The van der Waals surface area contributed by atoms with Gasteiger partial charge in [0.05, 0.1) is 7.11 Å². The number of ether oxygens (including phenoxy) is 1. The molecule has 0 saturated heterocycles. The summed E-state index contributed by atoms with van der Waals surface area (Å²) >= 11 is 0. The van der Waals surface area contributed by atoms with E-state index >= 15 is 0 Å². The van der Waals surface area contributed by atoms with Crippen LogP contribution in [0, 0.1) is 11.6 Å². The summed E-state index contributed by atoms with van der Waals surface area (Å²) in [6.07, 6.45) is 3.60. The average Bonchev–Trinajstić information content (AvgIpc) is 2.70. The summed E-state index contributed by atoms with van der Waals surface area (Å²) in [5.74, 6) is -1.90. The SMILES string of the molecule is COc1c(C2(N)CCCC2)ccc(F)c1F. The molecule has 0 amide bonds. The lowest BCUT2D eigenvalue weighted by atomic mass is 9.88. The monoisotopic (exact) mass is 227 g/mol. The fourth-order valence-electron chi connectivity index (χ4n) is 2.40. The molecule has 0 atom stereocenters. The average molecular weight is 227 g/mol. The van der Waals surface area contributed by atoms with E-state index in [-0.39, 0.29) is 5.75 Å². The van der Waals surface area contributed by atoms with Crippen LogP contribution in [-0.4, -0.2) is 7.11 Å². The number of halogens is 2. The summed E-state index contributed by atoms with van der Waals surface area (Å²) in [5.41, 5.74) is 6.21. The summed E-state index contributed by atoms with van der Waals surface area (Å²) in [7, 11) is 1.33. The van der Waals surface area contributed by atoms with Gasteiger partial charge in [0.1, 0.15) is 0 Å². The fraction of sp³-hybridized carbons (Fsp3) is 0.500. The Morgan fingerprint density at radius 2 is 1.88 bits per heavy atom. The normalized spacial score (nSPS) is 18.8. The van der Waals surface area contributed by atoms with Gasteiger partial charge >= 0.3 is 0 Å². The van der Waals surface area contributed by atoms with Crippen LogP contribution in [0.3, 0.4) is 0 Å². The number of nitrogens with two attached hydrogens (primary N) is 1. The Bertz CT molecular complexity index is 400. The molecular weight excluding hydrogens is 212 g/mol. The summed E-state index contributed by atoms with van der Waals surface area (Å²) < 4.78 is 31.5. The third-order valence-electron chi connectivity index (χ3n) is 3.29. The molecule has 1 aromatic rings. The Morgan fingerprint density at radius 1 is 1.25 bits per heavy atom. The minimum Gasteiger partial charge on any atom is -0.493 e. The molecule has 0 heterocycles. The predicted molar refractivity (Wildman–Crippen MR) is 57.2 cm³/mol. The molecule has 2 rings (SSSR count). The van der Waals surface area contributed by atoms with Crippen molar-refractivity contribution in [3.05, 3.63) is 29.3 Å². The van der Waals surface area contributed by atoms with Gasteiger partial charge in [0.25, 0.3) is 0 Å². The molecule has 0 aliphatic heterocycles. The molecule has 0 aromatic heterocycles. The molecule has 1 fully saturated rings. The Morgan fingerprint density at radius 3 is 2.44 bits per heavy atom. The lowest BCUT2D eigenvalue weighted by molar-refractivity contribution is 0.345. The summed E-state index contributed by atoms with van der Waals surface area (Å²) in [4.78, 5) is 0. The highest BCUT2D eigenvalue weighted by Crippen LogP contribution is 2.41. The van der Waals surface area contributed by atoms with Gasteiger partial charge in [-0.3, -0.25) is 0 Å². The van der Waals surface area contributed by atoms with Crippen LogP contribution >= 0.6 is 0 Å². The first-order valence-corrected chi connectivity index (χ1v) is 5.40. The minimum atomic E-state index is -0.947. The van der Waals surface area contributed by atoms with E-state index in [0.29, 0.717) is 5.56 Å². The second-order valence-corrected chi connectivity index (χ2v) is 4.31. The molecule has 16 heavy (non-hydrogen) atoms. The molecule has 4 heteroatoms. The van der Waals surface area contributed by atoms with E-state index in [1.807, 2.05) is 0 Å². The van der Waals surface area contributed by atoms with Crippen molar-refractivity contribution < 1.29 is 13.5 Å². The van der Waals surface area contributed by atoms with Crippen LogP contribution in [0.2, 0.25) is 0 Å². The second-order valence-electron chi connectivity index (χ2n) is 4.31. The topological polar surface area (TPSA) is 35.2 Å². The second kappa shape index (κ2) is 4.01. The van der Waals surface area contributed by atoms with Crippen molar-refractivity contribution >= 4 is 0 Å². The van der Waals surface area contributed by atoms with Crippen LogP contribution in [0.4, 0.5) is 8.78 Å². The molecule has 0 radical (unpaired) electrons. The van der Waals surface area contributed by atoms with E-state index < -0.39 is 17.2 Å². The first-order chi connectivity index (χ1) is 7.58. The fourth-order valence-corrected chi connectivity index (χ4v) is 2.40. The molecule has 2 N–H and O–H groups in total. The zero-order valence-corrected chi connectivity index (χ0v) is 9.22. The van der Waals surface area contributed by atoms with Gasteiger partial charge in [-0.05, 0) is 18.9 Å². The van der Waals surface area contributed by atoms with Gasteiger partial charge in [0.15, 0.2) is 11.6 Å². The van der Waals surface area contributed by atoms with E-state index in [1.54, 1.807) is 0 Å². The van der Waals surface area contributed by atoms with Crippen molar-refractivity contribution in [1.82, 2.24) is 0 Å². The lowest BCUT2D eigenvalue weighted by Gasteiger charge is -2.26. The number of hydrogen-bond donors (Lipinski definition) is 1. The third kappa shape index (κ3) is 1.67. The number of hydrogen-bond acceptors (Lipinski definition) is 2. The Labute approximate surface area is 93.4 Å². The van der Waals surface area contributed by atoms with Crippen LogP contribution in [-0.2, 0) is 5.54 Å². The van der Waals surface area contributed by atoms with Crippen molar-refractivity contribution in [2.24, 2.45) is 5.73 Å². The highest BCUT2D eigenvalue weighted by atomic mass is 19.2. The van der Waals surface area contributed by atoms with Gasteiger partial charge in [-0.25, -0.2) is 4.39 Å². The Kier molecular flexibility index (Phi) is 2.84. The first-order valence-electron chi connectivity index (χ1n) is 5.40. The van der Waals surface area contributed by atoms with E-state index in [9.17, 15) is 8.78 Å². The number of benzene rings is 1. The Balaban J connectivity index is 2.52. The van der Waals surface area contributed by atoms with Crippen LogP contribution in [0.5, 0.6) is 5.75 Å². The van der Waals surface area contributed by atoms with Crippen molar-refractivity contribution in [1.29, 1.82) is 0 Å². The largest absolute Gasteiger partial charge is 0.493 e. The van der Waals surface area contributed by atoms with Crippen molar-refractivity contribution in [2.75, 3.05) is 7.11 Å². The summed E-state index contributed by atoms with van der Waals surface area (Å²) in [6, 6.07) is 2.64. The molecule has 1 aliphatic rings. The smallest absolute Gasteiger partial charge is 0.200 e. The summed E-state index contributed by atoms with van der Waals surface area (Å²) in [6.45, 7) is 0. The van der Waals surface area contributed by atoms with Gasteiger partial charge in [0.2, 0.25) is 5.82 Å². The maximum Gasteiger partial charge on any atom is 0.200 e. The number of methoxy groups -OCH3 is 1. The van der Waals surface area contributed by atoms with Crippen LogP contribution < -0.4 is 10.5 Å². The van der Waals surface area contributed by atoms with Gasteiger partial charge in [-0.2, -0.15) is 4.39 Å². The third-order valence-corrected chi connectivity index (χ3v) is 3.29. The maximum atomic E-state index is 13.5. The van der Waals surface area contributed by atoms with E-state index in [1.165, 1.54) is 13.2 Å². The maximum absolute atomic E-state index is 13.5. The van der Waals surface area contributed by atoms with Crippen LogP contribution in [0.15, 0.2) is 12.1 Å². The highest BCUT2D eigenvalue weighted by molar-refractivity contribution is 5.41. The summed E-state index contributed by atoms with van der Waals surface area (Å²) in [5, 5.41) is 0. The van der Waals surface area contributed by atoms with E-state index in [0.717, 1.165) is 31.7 Å². The molecule has 0 spiro atoms. The molecule has 1 aromatic carbocycles. The lowest BCUT2D eigenvalue weighted by Crippen LogP contribution is -2.33. The molecule has 2 nitrogen and oxygen atoms in total. The van der Waals surface area contributed by atoms with Gasteiger partial charge in [0, 0.05) is 11.1 Å². The van der Waals surface area contributed by atoms with Crippen LogP contribution in [0.1, 0.15) is 31.2 Å². The predicted octanol–water partition coefficient (Wildman–Crippen LogP) is 2.70. The molecular formula is C12H15F2NO. The van der Waals surface area contributed by atoms with Gasteiger partial charge in [-0.15, -0.1) is 0 Å². The van der Waals surface area contributed by atoms with Gasteiger partial charge < -0.3 is 10.5 Å². The zero-order chi connectivity index (χ0) is 11.8. The molecule has 0 unspecified atom stereocenters.